The zero-order valence-electron chi connectivity index (χ0n) is 10.7. The predicted molar refractivity (Wildman–Crippen MR) is 65.0 cm³/mol. The maximum atomic E-state index is 14.0. The summed E-state index contributed by atoms with van der Waals surface area (Å²) in [6.07, 6.45) is 0. The number of rotatable bonds is 2. The van der Waals surface area contributed by atoms with Crippen molar-refractivity contribution in [2.75, 3.05) is 31.8 Å². The average molecular weight is 282 g/mol. The van der Waals surface area contributed by atoms with E-state index in [0.29, 0.717) is 0 Å². The van der Waals surface area contributed by atoms with Gasteiger partial charge in [-0.1, -0.05) is 0 Å². The van der Waals surface area contributed by atoms with Gasteiger partial charge in [-0.15, -0.1) is 0 Å². The van der Waals surface area contributed by atoms with E-state index in [1.807, 2.05) is 0 Å². The molecule has 2 rings (SSSR count). The number of halogens is 2. The molecule has 1 fully saturated rings. The SMILES string of the molecule is COC(=O)C1COCCN1c1c(F)cc(C#N)cc1F. The van der Waals surface area contributed by atoms with Crippen LogP contribution in [0.4, 0.5) is 14.5 Å². The number of carbonyl (C=O) groups is 1. The van der Waals surface area contributed by atoms with E-state index in [1.54, 1.807) is 6.07 Å². The van der Waals surface area contributed by atoms with Crippen molar-refractivity contribution in [3.05, 3.63) is 29.3 Å². The van der Waals surface area contributed by atoms with Gasteiger partial charge in [0.05, 0.1) is 32.0 Å². The molecule has 0 saturated carbocycles. The standard InChI is InChI=1S/C13H12F2N2O3/c1-19-13(18)11-7-20-3-2-17(11)12-9(14)4-8(6-16)5-10(12)15/h4-5,11H,2-3,7H2,1H3. The molecule has 1 aliphatic heterocycles. The van der Waals surface area contributed by atoms with Gasteiger partial charge < -0.3 is 14.4 Å². The molecule has 7 heteroatoms. The molecule has 5 nitrogen and oxygen atoms in total. The summed E-state index contributed by atoms with van der Waals surface area (Å²) >= 11 is 0. The van der Waals surface area contributed by atoms with Crippen LogP contribution in [0.15, 0.2) is 12.1 Å². The monoisotopic (exact) mass is 282 g/mol. The second kappa shape index (κ2) is 5.84. The van der Waals surface area contributed by atoms with Crippen LogP contribution in [0.25, 0.3) is 0 Å². The number of nitriles is 1. The number of ether oxygens (including phenoxy) is 2. The molecule has 0 bridgehead atoms. The van der Waals surface area contributed by atoms with Gasteiger partial charge in [0.2, 0.25) is 0 Å². The lowest BCUT2D eigenvalue weighted by Crippen LogP contribution is -2.51. The molecule has 0 amide bonds. The average Bonchev–Trinajstić information content (AvgIpc) is 2.46. The first-order valence-electron chi connectivity index (χ1n) is 5.90. The lowest BCUT2D eigenvalue weighted by atomic mass is 10.1. The van der Waals surface area contributed by atoms with Gasteiger partial charge in [-0.2, -0.15) is 5.26 Å². The smallest absolute Gasteiger partial charge is 0.330 e. The highest BCUT2D eigenvalue weighted by molar-refractivity contribution is 5.80. The van der Waals surface area contributed by atoms with Crippen molar-refractivity contribution in [3.63, 3.8) is 0 Å². The fourth-order valence-electron chi connectivity index (χ4n) is 2.11. The zero-order valence-corrected chi connectivity index (χ0v) is 10.7. The molecular formula is C13H12F2N2O3. The molecule has 1 heterocycles. The fourth-order valence-corrected chi connectivity index (χ4v) is 2.11. The molecular weight excluding hydrogens is 270 g/mol. The largest absolute Gasteiger partial charge is 0.467 e. The summed E-state index contributed by atoms with van der Waals surface area (Å²) in [6, 6.07) is 2.62. The number of anilines is 1. The molecule has 1 saturated heterocycles. The molecule has 1 aromatic carbocycles. The Morgan fingerprint density at radius 1 is 1.50 bits per heavy atom. The van der Waals surface area contributed by atoms with E-state index in [0.717, 1.165) is 12.1 Å². The van der Waals surface area contributed by atoms with E-state index in [9.17, 15) is 13.6 Å². The van der Waals surface area contributed by atoms with Crippen molar-refractivity contribution >= 4 is 11.7 Å². The Bertz CT molecular complexity index is 548. The van der Waals surface area contributed by atoms with Gasteiger partial charge in [0.25, 0.3) is 0 Å². The molecule has 0 spiro atoms. The number of morpholine rings is 1. The minimum atomic E-state index is -0.911. The van der Waals surface area contributed by atoms with Gasteiger partial charge >= 0.3 is 5.97 Å². The number of carbonyl (C=O) groups excluding carboxylic acids is 1. The first-order valence-corrected chi connectivity index (χ1v) is 5.90. The number of nitrogens with zero attached hydrogens (tertiary/aromatic N) is 2. The van der Waals surface area contributed by atoms with Gasteiger partial charge in [0.1, 0.15) is 5.69 Å². The molecule has 1 aromatic rings. The maximum absolute atomic E-state index is 14.0. The van der Waals surface area contributed by atoms with Gasteiger partial charge in [-0.25, -0.2) is 13.6 Å². The quantitative estimate of drug-likeness (QED) is 0.763. The van der Waals surface area contributed by atoms with Crippen LogP contribution in [0, 0.1) is 23.0 Å². The molecule has 1 atom stereocenters. The molecule has 106 valence electrons. The van der Waals surface area contributed by atoms with Crippen molar-refractivity contribution in [2.24, 2.45) is 0 Å². The van der Waals surface area contributed by atoms with Crippen LogP contribution >= 0.6 is 0 Å². The van der Waals surface area contributed by atoms with Crippen LogP contribution in [0.5, 0.6) is 0 Å². The van der Waals surface area contributed by atoms with E-state index in [4.69, 9.17) is 10.00 Å². The summed E-state index contributed by atoms with van der Waals surface area (Å²) in [5.41, 5.74) is -0.464. The van der Waals surface area contributed by atoms with Crippen LogP contribution in [-0.4, -0.2) is 38.9 Å². The molecule has 0 radical (unpaired) electrons. The molecule has 0 N–H and O–H groups in total. The minimum absolute atomic E-state index is 0.00838. The Morgan fingerprint density at radius 3 is 2.70 bits per heavy atom. The van der Waals surface area contributed by atoms with Gasteiger partial charge in [-0.05, 0) is 12.1 Å². The highest BCUT2D eigenvalue weighted by Crippen LogP contribution is 2.28. The third kappa shape index (κ3) is 2.56. The van der Waals surface area contributed by atoms with E-state index in [1.165, 1.54) is 12.0 Å². The predicted octanol–water partition coefficient (Wildman–Crippen LogP) is 1.21. The highest BCUT2D eigenvalue weighted by atomic mass is 19.1. The maximum Gasteiger partial charge on any atom is 0.330 e. The summed E-state index contributed by atoms with van der Waals surface area (Å²) in [7, 11) is 1.20. The van der Waals surface area contributed by atoms with Crippen molar-refractivity contribution in [1.82, 2.24) is 0 Å². The number of methoxy groups -OCH3 is 1. The molecule has 1 aliphatic rings. The second-order valence-corrected chi connectivity index (χ2v) is 4.21. The zero-order chi connectivity index (χ0) is 14.7. The minimum Gasteiger partial charge on any atom is -0.467 e. The van der Waals surface area contributed by atoms with Gasteiger partial charge in [-0.3, -0.25) is 0 Å². The van der Waals surface area contributed by atoms with Crippen molar-refractivity contribution in [3.8, 4) is 6.07 Å². The normalized spacial score (nSPS) is 18.5. The van der Waals surface area contributed by atoms with E-state index in [-0.39, 0.29) is 31.0 Å². The first kappa shape index (κ1) is 14.2. The summed E-state index contributed by atoms with van der Waals surface area (Å²) in [5.74, 6) is -2.41. The van der Waals surface area contributed by atoms with Crippen molar-refractivity contribution in [1.29, 1.82) is 5.26 Å². The van der Waals surface area contributed by atoms with Crippen molar-refractivity contribution in [2.45, 2.75) is 6.04 Å². The van der Waals surface area contributed by atoms with Crippen LogP contribution in [0.2, 0.25) is 0 Å². The molecule has 0 aromatic heterocycles. The van der Waals surface area contributed by atoms with E-state index >= 15 is 0 Å². The highest BCUT2D eigenvalue weighted by Gasteiger charge is 2.33. The van der Waals surface area contributed by atoms with Crippen LogP contribution < -0.4 is 4.90 Å². The van der Waals surface area contributed by atoms with Crippen LogP contribution in [0.1, 0.15) is 5.56 Å². The third-order valence-electron chi connectivity index (χ3n) is 3.03. The Balaban J connectivity index is 2.43. The van der Waals surface area contributed by atoms with Gasteiger partial charge in [0.15, 0.2) is 17.7 Å². The Morgan fingerprint density at radius 2 is 2.15 bits per heavy atom. The second-order valence-electron chi connectivity index (χ2n) is 4.21. The van der Waals surface area contributed by atoms with E-state index < -0.39 is 23.6 Å². The van der Waals surface area contributed by atoms with Gasteiger partial charge in [0, 0.05) is 6.54 Å². The van der Waals surface area contributed by atoms with E-state index in [2.05, 4.69) is 4.74 Å². The molecule has 0 aliphatic carbocycles. The summed E-state index contributed by atoms with van der Waals surface area (Å²) in [6.45, 7) is 0.386. The topological polar surface area (TPSA) is 62.6 Å². The van der Waals surface area contributed by atoms with Crippen LogP contribution in [-0.2, 0) is 14.3 Å². The number of hydrogen-bond acceptors (Lipinski definition) is 5. The first-order chi connectivity index (χ1) is 9.58. The lowest BCUT2D eigenvalue weighted by Gasteiger charge is -2.35. The number of hydrogen-bond donors (Lipinski definition) is 0. The Hall–Kier alpha value is -2.20. The fraction of sp³-hybridized carbons (Fsp3) is 0.385. The number of benzene rings is 1. The number of esters is 1. The molecule has 20 heavy (non-hydrogen) atoms. The Labute approximate surface area is 114 Å². The van der Waals surface area contributed by atoms with Crippen molar-refractivity contribution < 1.29 is 23.0 Å². The molecule has 1 unspecified atom stereocenters. The third-order valence-corrected chi connectivity index (χ3v) is 3.03. The summed E-state index contributed by atoms with van der Waals surface area (Å²) in [4.78, 5) is 12.9. The Kier molecular flexibility index (Phi) is 4.15. The summed E-state index contributed by atoms with van der Waals surface area (Å²) in [5, 5.41) is 8.67. The van der Waals surface area contributed by atoms with Crippen LogP contribution in [0.3, 0.4) is 0 Å². The summed E-state index contributed by atoms with van der Waals surface area (Å²) < 4.78 is 37.7. The lowest BCUT2D eigenvalue weighted by molar-refractivity contribution is -0.144.